The van der Waals surface area contributed by atoms with E-state index in [1.807, 2.05) is 6.07 Å². The molecule has 0 atom stereocenters. The molecule has 1 aliphatic rings. The molecule has 6 heteroatoms. The number of nitriles is 1. The Morgan fingerprint density at radius 2 is 1.77 bits per heavy atom. The highest BCUT2D eigenvalue weighted by atomic mass is 32.2. The fourth-order valence-corrected chi connectivity index (χ4v) is 5.13. The molecule has 3 rings (SSSR count). The maximum atomic E-state index is 13.3. The number of hydrogen-bond acceptors (Lipinski definition) is 3. The third-order valence-electron chi connectivity index (χ3n) is 4.80. The lowest BCUT2D eigenvalue weighted by Gasteiger charge is -2.33. The molecule has 0 radical (unpaired) electrons. The van der Waals surface area contributed by atoms with Crippen molar-refractivity contribution in [1.29, 1.82) is 5.26 Å². The number of sulfonamides is 1. The number of rotatable bonds is 5. The Kier molecular flexibility index (Phi) is 5.70. The molecular formula is C20H21FN2O2S. The summed E-state index contributed by atoms with van der Waals surface area (Å²) in [6.45, 7) is 0.198. The van der Waals surface area contributed by atoms with Crippen molar-refractivity contribution in [1.82, 2.24) is 4.31 Å². The van der Waals surface area contributed by atoms with Gasteiger partial charge in [-0.1, -0.05) is 37.5 Å². The van der Waals surface area contributed by atoms with Gasteiger partial charge in [-0.25, -0.2) is 12.8 Å². The molecule has 1 fully saturated rings. The van der Waals surface area contributed by atoms with Crippen molar-refractivity contribution in [3.05, 3.63) is 65.5 Å². The molecule has 2 aromatic rings. The monoisotopic (exact) mass is 372 g/mol. The van der Waals surface area contributed by atoms with Gasteiger partial charge in [0.25, 0.3) is 0 Å². The van der Waals surface area contributed by atoms with Crippen LogP contribution in [0.4, 0.5) is 4.39 Å². The van der Waals surface area contributed by atoms with E-state index in [0.717, 1.165) is 37.7 Å². The molecule has 2 aromatic carbocycles. The molecule has 0 heterocycles. The Hall–Kier alpha value is -2.23. The molecule has 0 unspecified atom stereocenters. The predicted molar refractivity (Wildman–Crippen MR) is 97.2 cm³/mol. The average Bonchev–Trinajstić information content (AvgIpc) is 2.68. The van der Waals surface area contributed by atoms with Gasteiger partial charge < -0.3 is 0 Å². The van der Waals surface area contributed by atoms with E-state index in [1.165, 1.54) is 28.6 Å². The summed E-state index contributed by atoms with van der Waals surface area (Å²) in [4.78, 5) is 0.129. The van der Waals surface area contributed by atoms with E-state index in [9.17, 15) is 12.8 Å². The van der Waals surface area contributed by atoms with Gasteiger partial charge in [-0.05, 0) is 48.7 Å². The first-order valence-corrected chi connectivity index (χ1v) is 10.2. The summed E-state index contributed by atoms with van der Waals surface area (Å²) in [6, 6.07) is 13.9. The molecule has 26 heavy (non-hydrogen) atoms. The zero-order valence-corrected chi connectivity index (χ0v) is 15.3. The van der Waals surface area contributed by atoms with Crippen LogP contribution in [-0.4, -0.2) is 18.8 Å². The van der Waals surface area contributed by atoms with E-state index < -0.39 is 10.0 Å². The minimum absolute atomic E-state index is 0.0791. The second-order valence-electron chi connectivity index (χ2n) is 6.61. The summed E-state index contributed by atoms with van der Waals surface area (Å²) in [5, 5.41) is 9.08. The summed E-state index contributed by atoms with van der Waals surface area (Å²) in [5.41, 5.74) is 1.06. The SMILES string of the molecule is N#Cc1cccc(S(=O)(=O)N(Cc2ccc(F)cc2)C2CCCCC2)c1. The van der Waals surface area contributed by atoms with Gasteiger partial charge >= 0.3 is 0 Å². The van der Waals surface area contributed by atoms with Crippen molar-refractivity contribution >= 4 is 10.0 Å². The topological polar surface area (TPSA) is 61.2 Å². The largest absolute Gasteiger partial charge is 0.243 e. The number of nitrogens with zero attached hydrogens (tertiary/aromatic N) is 2. The molecule has 0 saturated heterocycles. The highest BCUT2D eigenvalue weighted by Gasteiger charge is 2.32. The molecule has 0 amide bonds. The predicted octanol–water partition coefficient (Wildman–Crippen LogP) is 4.22. The highest BCUT2D eigenvalue weighted by molar-refractivity contribution is 7.89. The third-order valence-corrected chi connectivity index (χ3v) is 6.70. The van der Waals surface area contributed by atoms with Crippen molar-refractivity contribution < 1.29 is 12.8 Å². The number of halogens is 1. The molecule has 0 spiro atoms. The molecule has 4 nitrogen and oxygen atoms in total. The lowest BCUT2D eigenvalue weighted by Crippen LogP contribution is -2.40. The van der Waals surface area contributed by atoms with Crippen molar-refractivity contribution in [2.75, 3.05) is 0 Å². The average molecular weight is 372 g/mol. The molecule has 0 aromatic heterocycles. The first-order chi connectivity index (χ1) is 12.5. The summed E-state index contributed by atoms with van der Waals surface area (Å²) in [6.07, 6.45) is 4.75. The van der Waals surface area contributed by atoms with Gasteiger partial charge in [0.2, 0.25) is 10.0 Å². The lowest BCUT2D eigenvalue weighted by molar-refractivity contribution is 0.247. The summed E-state index contributed by atoms with van der Waals surface area (Å²) < 4.78 is 41.3. The first kappa shape index (κ1) is 18.6. The van der Waals surface area contributed by atoms with Crippen molar-refractivity contribution in [2.45, 2.75) is 49.6 Å². The van der Waals surface area contributed by atoms with E-state index in [2.05, 4.69) is 0 Å². The summed E-state index contributed by atoms with van der Waals surface area (Å²) in [5.74, 6) is -0.345. The van der Waals surface area contributed by atoms with Gasteiger partial charge in [-0.15, -0.1) is 0 Å². The van der Waals surface area contributed by atoms with Crippen LogP contribution in [0.1, 0.15) is 43.2 Å². The normalized spacial score (nSPS) is 15.7. The van der Waals surface area contributed by atoms with Crippen LogP contribution in [0.3, 0.4) is 0 Å². The highest BCUT2D eigenvalue weighted by Crippen LogP contribution is 2.29. The van der Waals surface area contributed by atoms with Crippen LogP contribution < -0.4 is 0 Å². The Labute approximate surface area is 153 Å². The molecule has 0 bridgehead atoms. The van der Waals surface area contributed by atoms with Gasteiger partial charge in [-0.2, -0.15) is 9.57 Å². The van der Waals surface area contributed by atoms with Crippen LogP contribution in [0.5, 0.6) is 0 Å². The maximum absolute atomic E-state index is 13.3. The summed E-state index contributed by atoms with van der Waals surface area (Å²) >= 11 is 0. The fourth-order valence-electron chi connectivity index (χ4n) is 3.41. The Balaban J connectivity index is 1.97. The summed E-state index contributed by atoms with van der Waals surface area (Å²) in [7, 11) is -3.75. The van der Waals surface area contributed by atoms with E-state index in [-0.39, 0.29) is 23.3 Å². The van der Waals surface area contributed by atoms with Crippen LogP contribution in [0.15, 0.2) is 53.4 Å². The fraction of sp³-hybridized carbons (Fsp3) is 0.350. The molecule has 0 N–H and O–H groups in total. The van der Waals surface area contributed by atoms with Gasteiger partial charge in [0.15, 0.2) is 0 Å². The molecule has 1 aliphatic carbocycles. The second kappa shape index (κ2) is 7.98. The lowest BCUT2D eigenvalue weighted by atomic mass is 9.95. The van der Waals surface area contributed by atoms with E-state index in [0.29, 0.717) is 5.56 Å². The van der Waals surface area contributed by atoms with E-state index >= 15 is 0 Å². The minimum atomic E-state index is -3.75. The van der Waals surface area contributed by atoms with Gasteiger partial charge in [0.1, 0.15) is 5.82 Å². The minimum Gasteiger partial charge on any atom is -0.207 e. The van der Waals surface area contributed by atoms with Crippen LogP contribution in [-0.2, 0) is 16.6 Å². The van der Waals surface area contributed by atoms with Crippen LogP contribution in [0.25, 0.3) is 0 Å². The molecule has 0 aliphatic heterocycles. The van der Waals surface area contributed by atoms with Gasteiger partial charge in [0.05, 0.1) is 16.5 Å². The quantitative estimate of drug-likeness (QED) is 0.789. The smallest absolute Gasteiger partial charge is 0.207 e. The van der Waals surface area contributed by atoms with Crippen LogP contribution in [0.2, 0.25) is 0 Å². The van der Waals surface area contributed by atoms with E-state index in [4.69, 9.17) is 5.26 Å². The Morgan fingerprint density at radius 3 is 2.42 bits per heavy atom. The van der Waals surface area contributed by atoms with Crippen molar-refractivity contribution in [3.63, 3.8) is 0 Å². The zero-order valence-electron chi connectivity index (χ0n) is 14.4. The Morgan fingerprint density at radius 1 is 1.08 bits per heavy atom. The molecular weight excluding hydrogens is 351 g/mol. The Bertz CT molecular complexity index is 898. The van der Waals surface area contributed by atoms with Crippen molar-refractivity contribution in [3.8, 4) is 6.07 Å². The third kappa shape index (κ3) is 4.12. The van der Waals surface area contributed by atoms with E-state index in [1.54, 1.807) is 24.3 Å². The zero-order chi connectivity index (χ0) is 18.6. The molecule has 1 saturated carbocycles. The van der Waals surface area contributed by atoms with Crippen LogP contribution in [0, 0.1) is 17.1 Å². The maximum Gasteiger partial charge on any atom is 0.243 e. The molecule has 136 valence electrons. The van der Waals surface area contributed by atoms with Crippen LogP contribution >= 0.6 is 0 Å². The first-order valence-electron chi connectivity index (χ1n) is 8.77. The second-order valence-corrected chi connectivity index (χ2v) is 8.50. The number of benzene rings is 2. The van der Waals surface area contributed by atoms with Crippen molar-refractivity contribution in [2.24, 2.45) is 0 Å². The number of hydrogen-bond donors (Lipinski definition) is 0. The van der Waals surface area contributed by atoms with Gasteiger partial charge in [0, 0.05) is 12.6 Å². The van der Waals surface area contributed by atoms with Gasteiger partial charge in [-0.3, -0.25) is 0 Å². The standard InChI is InChI=1S/C20H21FN2O2S/c21-18-11-9-16(10-12-18)15-23(19-6-2-1-3-7-19)26(24,25)20-8-4-5-17(13-20)14-22/h4-5,8-13,19H,1-3,6-7,15H2.